The van der Waals surface area contributed by atoms with Crippen LogP contribution in [0.1, 0.15) is 18.0 Å². The number of hydrogen-bond acceptors (Lipinski definition) is 4. The third-order valence-electron chi connectivity index (χ3n) is 2.18. The molecule has 1 aromatic rings. The Labute approximate surface area is 115 Å². The largest absolute Gasteiger partial charge is 0.506 e. The van der Waals surface area contributed by atoms with Gasteiger partial charge in [0.25, 0.3) is 0 Å². The Kier molecular flexibility index (Phi) is 4.79. The van der Waals surface area contributed by atoms with E-state index in [0.29, 0.717) is 20.3 Å². The van der Waals surface area contributed by atoms with Crippen molar-refractivity contribution in [1.82, 2.24) is 0 Å². The van der Waals surface area contributed by atoms with Crippen molar-refractivity contribution in [2.45, 2.75) is 12.5 Å². The fourth-order valence-electron chi connectivity index (χ4n) is 1.38. The van der Waals surface area contributed by atoms with E-state index in [2.05, 4.69) is 31.9 Å². The molecule has 0 aliphatic carbocycles. The number of carboxylic acid groups (broad SMARTS) is 1. The molecule has 5 nitrogen and oxygen atoms in total. The molecule has 17 heavy (non-hydrogen) atoms. The number of carbonyl (C=O) groups is 1. The maximum atomic E-state index is 10.6. The summed E-state index contributed by atoms with van der Waals surface area (Å²) >= 11 is 6.43. The van der Waals surface area contributed by atoms with Gasteiger partial charge in [-0.25, -0.2) is 0 Å². The van der Waals surface area contributed by atoms with Crippen LogP contribution < -0.4 is 10.5 Å². The van der Waals surface area contributed by atoms with Crippen LogP contribution in [0, 0.1) is 0 Å². The van der Waals surface area contributed by atoms with E-state index in [0.717, 1.165) is 0 Å². The van der Waals surface area contributed by atoms with E-state index in [4.69, 9.17) is 15.6 Å². The number of phenolic OH excluding ortho intramolecular Hbond substituents is 1. The molecule has 0 bridgehead atoms. The van der Waals surface area contributed by atoms with Gasteiger partial charge < -0.3 is 20.7 Å². The fraction of sp³-hybridized carbons (Fsp3) is 0.300. The summed E-state index contributed by atoms with van der Waals surface area (Å²) in [7, 11) is 1.46. The zero-order valence-electron chi connectivity index (χ0n) is 8.91. The fourth-order valence-corrected chi connectivity index (χ4v) is 2.85. The Balaban J connectivity index is 3.22. The van der Waals surface area contributed by atoms with Crippen LogP contribution in [0.25, 0.3) is 0 Å². The van der Waals surface area contributed by atoms with E-state index in [1.54, 1.807) is 6.07 Å². The van der Waals surface area contributed by atoms with E-state index in [9.17, 15) is 9.90 Å². The van der Waals surface area contributed by atoms with Crippen LogP contribution in [0.15, 0.2) is 15.0 Å². The van der Waals surface area contributed by atoms with Crippen LogP contribution >= 0.6 is 31.9 Å². The first-order valence-corrected chi connectivity index (χ1v) is 6.19. The summed E-state index contributed by atoms with van der Waals surface area (Å²) in [4.78, 5) is 10.6. The van der Waals surface area contributed by atoms with Gasteiger partial charge >= 0.3 is 5.97 Å². The summed E-state index contributed by atoms with van der Waals surface area (Å²) in [5.41, 5.74) is 6.04. The number of hydrogen-bond donors (Lipinski definition) is 3. The summed E-state index contributed by atoms with van der Waals surface area (Å²) in [5.74, 6) is -0.715. The molecule has 0 fully saturated rings. The average molecular weight is 369 g/mol. The minimum absolute atomic E-state index is 0.112. The highest BCUT2D eigenvalue weighted by Crippen LogP contribution is 2.43. The van der Waals surface area contributed by atoms with Gasteiger partial charge in [0.1, 0.15) is 10.2 Å². The number of nitrogens with two attached hydrogens (primary N) is 1. The zero-order valence-corrected chi connectivity index (χ0v) is 12.1. The van der Waals surface area contributed by atoms with Gasteiger partial charge in [0.2, 0.25) is 0 Å². The van der Waals surface area contributed by atoms with E-state index in [1.807, 2.05) is 0 Å². The van der Waals surface area contributed by atoms with Crippen LogP contribution in [0.3, 0.4) is 0 Å². The first-order chi connectivity index (χ1) is 7.88. The van der Waals surface area contributed by atoms with E-state index >= 15 is 0 Å². The van der Waals surface area contributed by atoms with Crippen LogP contribution in [0.4, 0.5) is 0 Å². The van der Waals surface area contributed by atoms with Crippen LogP contribution in [-0.4, -0.2) is 23.3 Å². The second-order valence-corrected chi connectivity index (χ2v) is 5.00. The number of rotatable bonds is 4. The quantitative estimate of drug-likeness (QED) is 0.758. The predicted molar refractivity (Wildman–Crippen MR) is 69.2 cm³/mol. The van der Waals surface area contributed by atoms with Gasteiger partial charge in [-0.05, 0) is 37.9 Å². The van der Waals surface area contributed by atoms with Crippen molar-refractivity contribution in [3.63, 3.8) is 0 Å². The molecule has 7 heteroatoms. The summed E-state index contributed by atoms with van der Waals surface area (Å²) in [6.45, 7) is 0. The van der Waals surface area contributed by atoms with Crippen molar-refractivity contribution < 1.29 is 19.7 Å². The molecule has 1 atom stereocenters. The van der Waals surface area contributed by atoms with Crippen molar-refractivity contribution in [2.24, 2.45) is 5.73 Å². The predicted octanol–water partition coefficient (Wildman–Crippen LogP) is 2.40. The second-order valence-electron chi connectivity index (χ2n) is 3.35. The normalized spacial score (nSPS) is 12.2. The highest BCUT2D eigenvalue weighted by atomic mass is 79.9. The molecule has 94 valence electrons. The lowest BCUT2D eigenvalue weighted by atomic mass is 10.0. The van der Waals surface area contributed by atoms with Crippen molar-refractivity contribution in [2.75, 3.05) is 7.11 Å². The lowest BCUT2D eigenvalue weighted by Gasteiger charge is -2.16. The smallest absolute Gasteiger partial charge is 0.305 e. The molecule has 1 aromatic carbocycles. The molecule has 4 N–H and O–H groups in total. The molecule has 0 aliphatic heterocycles. The summed E-state index contributed by atoms with van der Waals surface area (Å²) in [6, 6.07) is 0.762. The Morgan fingerprint density at radius 2 is 2.18 bits per heavy atom. The third-order valence-corrected chi connectivity index (χ3v) is 3.50. The van der Waals surface area contributed by atoms with E-state index in [-0.39, 0.29) is 12.2 Å². The number of aliphatic carboxylic acids is 1. The van der Waals surface area contributed by atoms with Crippen LogP contribution in [0.2, 0.25) is 0 Å². The number of carboxylic acids is 1. The molecule has 0 saturated heterocycles. The van der Waals surface area contributed by atoms with Crippen molar-refractivity contribution in [3.8, 4) is 11.5 Å². The van der Waals surface area contributed by atoms with Gasteiger partial charge in [0.15, 0.2) is 5.75 Å². The molecule has 0 aromatic heterocycles. The number of halogens is 2. The molecule has 0 saturated carbocycles. The Hall–Kier alpha value is -0.790. The molecule has 0 spiro atoms. The lowest BCUT2D eigenvalue weighted by Crippen LogP contribution is -2.15. The molecule has 1 rings (SSSR count). The summed E-state index contributed by atoms with van der Waals surface area (Å²) < 4.78 is 5.98. The first-order valence-electron chi connectivity index (χ1n) is 4.60. The topological polar surface area (TPSA) is 92.8 Å². The second kappa shape index (κ2) is 5.70. The van der Waals surface area contributed by atoms with Crippen LogP contribution in [-0.2, 0) is 4.79 Å². The summed E-state index contributed by atoms with van der Waals surface area (Å²) in [5, 5.41) is 18.6. The van der Waals surface area contributed by atoms with Crippen LogP contribution in [0.5, 0.6) is 11.5 Å². The molecular formula is C10H11Br2NO4. The maximum absolute atomic E-state index is 10.6. The standard InChI is InChI=1S/C10H11Br2NO4/c1-17-10-5(11)2-4(9(16)8(10)12)6(13)3-7(14)15/h2,6,16H,3,13H2,1H3,(H,14,15). The molecule has 1 unspecified atom stereocenters. The molecule has 0 radical (unpaired) electrons. The Morgan fingerprint density at radius 1 is 1.59 bits per heavy atom. The minimum atomic E-state index is -1.03. The van der Waals surface area contributed by atoms with Crippen molar-refractivity contribution in [1.29, 1.82) is 0 Å². The van der Waals surface area contributed by atoms with Gasteiger partial charge in [-0.3, -0.25) is 4.79 Å². The molecule has 0 amide bonds. The molecular weight excluding hydrogens is 358 g/mol. The number of aromatic hydroxyl groups is 1. The summed E-state index contributed by atoms with van der Waals surface area (Å²) in [6.07, 6.45) is -0.265. The van der Waals surface area contributed by atoms with E-state index in [1.165, 1.54) is 7.11 Å². The highest BCUT2D eigenvalue weighted by Gasteiger charge is 2.21. The SMILES string of the molecule is COc1c(Br)cc(C(N)CC(=O)O)c(O)c1Br. The molecule has 0 heterocycles. The lowest BCUT2D eigenvalue weighted by molar-refractivity contribution is -0.137. The van der Waals surface area contributed by atoms with Gasteiger partial charge in [-0.1, -0.05) is 0 Å². The monoisotopic (exact) mass is 367 g/mol. The third kappa shape index (κ3) is 3.11. The van der Waals surface area contributed by atoms with Gasteiger partial charge in [-0.15, -0.1) is 0 Å². The average Bonchev–Trinajstić information content (AvgIpc) is 2.23. The number of phenols is 1. The number of ether oxygens (including phenoxy) is 1. The van der Waals surface area contributed by atoms with Gasteiger partial charge in [0, 0.05) is 11.6 Å². The first kappa shape index (κ1) is 14.3. The number of methoxy groups -OCH3 is 1. The Morgan fingerprint density at radius 3 is 2.65 bits per heavy atom. The highest BCUT2D eigenvalue weighted by molar-refractivity contribution is 9.11. The molecule has 0 aliphatic rings. The minimum Gasteiger partial charge on any atom is -0.506 e. The maximum Gasteiger partial charge on any atom is 0.305 e. The Bertz CT molecular complexity index is 450. The van der Waals surface area contributed by atoms with Crippen molar-refractivity contribution >= 4 is 37.8 Å². The zero-order chi connectivity index (χ0) is 13.2. The van der Waals surface area contributed by atoms with E-state index < -0.39 is 12.0 Å². The number of benzene rings is 1. The van der Waals surface area contributed by atoms with Gasteiger partial charge in [0.05, 0.1) is 18.0 Å². The van der Waals surface area contributed by atoms with Gasteiger partial charge in [-0.2, -0.15) is 0 Å². The van der Waals surface area contributed by atoms with Crippen molar-refractivity contribution in [3.05, 3.63) is 20.6 Å².